The third-order valence-electron chi connectivity index (χ3n) is 3.72. The number of ether oxygens (including phenoxy) is 1. The van der Waals surface area contributed by atoms with Crippen LogP contribution in [-0.2, 0) is 20.9 Å². The van der Waals surface area contributed by atoms with Gasteiger partial charge in [0.2, 0.25) is 0 Å². The van der Waals surface area contributed by atoms with Crippen LogP contribution in [0.15, 0.2) is 58.4 Å². The molecule has 0 radical (unpaired) electrons. The van der Waals surface area contributed by atoms with E-state index in [-0.39, 0.29) is 21.6 Å². The number of amides is 1. The van der Waals surface area contributed by atoms with E-state index in [1.54, 1.807) is 12.1 Å². The Morgan fingerprint density at radius 1 is 1.25 bits per heavy atom. The second kappa shape index (κ2) is 8.53. The maximum absolute atomic E-state index is 13.4. The molecule has 9 heteroatoms. The van der Waals surface area contributed by atoms with Crippen LogP contribution in [0.25, 0.3) is 0 Å². The first-order chi connectivity index (χ1) is 13.4. The molecule has 1 aliphatic heterocycles. The summed E-state index contributed by atoms with van der Waals surface area (Å²) in [6.45, 7) is 0.110. The van der Waals surface area contributed by atoms with Gasteiger partial charge in [-0.25, -0.2) is 18.6 Å². The van der Waals surface area contributed by atoms with Crippen LogP contribution >= 0.6 is 23.4 Å². The van der Waals surface area contributed by atoms with E-state index in [1.807, 2.05) is 0 Å². The number of hydrogen-bond acceptors (Lipinski definition) is 5. The summed E-state index contributed by atoms with van der Waals surface area (Å²) in [5.41, 5.74) is 1.00. The second-order valence-electron chi connectivity index (χ2n) is 5.64. The summed E-state index contributed by atoms with van der Waals surface area (Å²) < 4.78 is 31.1. The molecule has 28 heavy (non-hydrogen) atoms. The molecule has 0 spiro atoms. The molecule has 0 aliphatic carbocycles. The number of amidine groups is 1. The Balaban J connectivity index is 1.97. The quantitative estimate of drug-likeness (QED) is 0.540. The second-order valence-corrected chi connectivity index (χ2v) is 7.06. The lowest BCUT2D eigenvalue weighted by atomic mass is 10.2. The number of hydrogen-bond donors (Lipinski definition) is 0. The smallest absolute Gasteiger partial charge is 0.331 e. The normalized spacial score (nSPS) is 16.9. The largest absolute Gasteiger partial charge is 0.466 e. The van der Waals surface area contributed by atoms with E-state index in [4.69, 9.17) is 11.6 Å². The summed E-state index contributed by atoms with van der Waals surface area (Å²) >= 11 is 6.76. The van der Waals surface area contributed by atoms with Crippen LogP contribution in [0, 0.1) is 11.6 Å². The van der Waals surface area contributed by atoms with E-state index in [9.17, 15) is 18.4 Å². The van der Waals surface area contributed by atoms with Crippen molar-refractivity contribution in [3.8, 4) is 0 Å². The van der Waals surface area contributed by atoms with Gasteiger partial charge in [-0.3, -0.25) is 9.69 Å². The highest BCUT2D eigenvalue weighted by molar-refractivity contribution is 8.18. The molecule has 1 heterocycles. The van der Waals surface area contributed by atoms with Crippen LogP contribution in [0.3, 0.4) is 0 Å². The molecule has 144 valence electrons. The number of nitrogens with zero attached hydrogens (tertiary/aromatic N) is 2. The van der Waals surface area contributed by atoms with E-state index in [2.05, 4.69) is 9.73 Å². The van der Waals surface area contributed by atoms with Crippen molar-refractivity contribution in [1.82, 2.24) is 4.90 Å². The third kappa shape index (κ3) is 4.58. The predicted octanol–water partition coefficient (Wildman–Crippen LogP) is 4.44. The van der Waals surface area contributed by atoms with Gasteiger partial charge in [0.25, 0.3) is 5.91 Å². The summed E-state index contributed by atoms with van der Waals surface area (Å²) in [4.78, 5) is 30.1. The van der Waals surface area contributed by atoms with E-state index < -0.39 is 23.5 Å². The van der Waals surface area contributed by atoms with E-state index in [1.165, 1.54) is 42.3 Å². The fourth-order valence-corrected chi connectivity index (χ4v) is 3.47. The van der Waals surface area contributed by atoms with Crippen molar-refractivity contribution in [3.63, 3.8) is 0 Å². The van der Waals surface area contributed by atoms with Gasteiger partial charge in [-0.1, -0.05) is 23.7 Å². The summed E-state index contributed by atoms with van der Waals surface area (Å²) in [6, 6.07) is 9.56. The van der Waals surface area contributed by atoms with Gasteiger partial charge in [0.05, 0.1) is 29.3 Å². The molecule has 0 N–H and O–H groups in total. The summed E-state index contributed by atoms with van der Waals surface area (Å²) in [5.74, 6) is -2.11. The molecule has 1 saturated heterocycles. The van der Waals surface area contributed by atoms with Crippen molar-refractivity contribution in [2.24, 2.45) is 4.99 Å². The number of rotatable bonds is 4. The Labute approximate surface area is 168 Å². The minimum absolute atomic E-state index is 0.105. The SMILES string of the molecule is COC(=O)/C=C1/SC(=Nc2ccc(F)c(Cl)c2)N(Cc2ccc(F)cc2)C1=O. The first-order valence-electron chi connectivity index (χ1n) is 7.95. The van der Waals surface area contributed by atoms with Gasteiger partial charge in [0.1, 0.15) is 11.6 Å². The van der Waals surface area contributed by atoms with Crippen molar-refractivity contribution in [2.45, 2.75) is 6.54 Å². The van der Waals surface area contributed by atoms with Crippen molar-refractivity contribution in [3.05, 3.63) is 75.7 Å². The summed E-state index contributed by atoms with van der Waals surface area (Å²) in [7, 11) is 1.20. The topological polar surface area (TPSA) is 59.0 Å². The molecule has 1 aliphatic rings. The van der Waals surface area contributed by atoms with Crippen LogP contribution in [0.4, 0.5) is 14.5 Å². The molecule has 3 rings (SSSR count). The molecule has 0 saturated carbocycles. The Morgan fingerprint density at radius 3 is 2.61 bits per heavy atom. The maximum Gasteiger partial charge on any atom is 0.331 e. The predicted molar refractivity (Wildman–Crippen MR) is 103 cm³/mol. The number of carbonyl (C=O) groups is 2. The number of benzene rings is 2. The molecule has 0 aromatic heterocycles. The van der Waals surface area contributed by atoms with Gasteiger partial charge in [0.15, 0.2) is 5.17 Å². The monoisotopic (exact) mass is 422 g/mol. The molecule has 0 atom stereocenters. The highest BCUT2D eigenvalue weighted by Gasteiger charge is 2.34. The molecule has 2 aromatic carbocycles. The minimum Gasteiger partial charge on any atom is -0.466 e. The Hall–Kier alpha value is -2.71. The molecular weight excluding hydrogens is 410 g/mol. The minimum atomic E-state index is -0.677. The average Bonchev–Trinajstić information content (AvgIpc) is 2.95. The van der Waals surface area contributed by atoms with Gasteiger partial charge < -0.3 is 4.74 Å². The highest BCUT2D eigenvalue weighted by Crippen LogP contribution is 2.34. The van der Waals surface area contributed by atoms with E-state index >= 15 is 0 Å². The Kier molecular flexibility index (Phi) is 6.11. The van der Waals surface area contributed by atoms with Crippen LogP contribution in [-0.4, -0.2) is 29.1 Å². The molecular formula is C19H13ClF2N2O3S. The average molecular weight is 423 g/mol. The van der Waals surface area contributed by atoms with Gasteiger partial charge >= 0.3 is 5.97 Å². The van der Waals surface area contributed by atoms with Crippen molar-refractivity contribution in [2.75, 3.05) is 7.11 Å². The number of aliphatic imine (C=N–C) groups is 1. The van der Waals surface area contributed by atoms with Gasteiger partial charge in [0, 0.05) is 6.08 Å². The molecule has 5 nitrogen and oxygen atoms in total. The van der Waals surface area contributed by atoms with Crippen LogP contribution in [0.1, 0.15) is 5.56 Å². The van der Waals surface area contributed by atoms with Gasteiger partial charge in [-0.2, -0.15) is 0 Å². The lowest BCUT2D eigenvalue weighted by molar-refractivity contribution is -0.135. The number of carbonyl (C=O) groups excluding carboxylic acids is 2. The van der Waals surface area contributed by atoms with Crippen LogP contribution in [0.5, 0.6) is 0 Å². The lowest BCUT2D eigenvalue weighted by Crippen LogP contribution is -2.28. The van der Waals surface area contributed by atoms with Crippen molar-refractivity contribution < 1.29 is 23.1 Å². The van der Waals surface area contributed by atoms with Gasteiger partial charge in [-0.15, -0.1) is 0 Å². The molecule has 2 aromatic rings. The van der Waals surface area contributed by atoms with Crippen LogP contribution < -0.4 is 0 Å². The molecule has 1 amide bonds. The first-order valence-corrected chi connectivity index (χ1v) is 9.14. The fraction of sp³-hybridized carbons (Fsp3) is 0.105. The molecule has 1 fully saturated rings. The Morgan fingerprint density at radius 2 is 1.96 bits per heavy atom. The number of thioether (sulfide) groups is 1. The maximum atomic E-state index is 13.4. The molecule has 0 bridgehead atoms. The van der Waals surface area contributed by atoms with E-state index in [0.29, 0.717) is 11.3 Å². The number of methoxy groups -OCH3 is 1. The standard InChI is InChI=1S/C19H13ClF2N2O3S/c1-27-17(25)9-16-18(26)24(10-11-2-4-12(21)5-3-11)19(28-16)23-13-6-7-15(22)14(20)8-13/h2-9H,10H2,1H3/b16-9+,23-19?. The molecule has 0 unspecified atom stereocenters. The lowest BCUT2D eigenvalue weighted by Gasteiger charge is -2.15. The fourth-order valence-electron chi connectivity index (χ4n) is 2.33. The van der Waals surface area contributed by atoms with Crippen molar-refractivity contribution >= 4 is 46.1 Å². The van der Waals surface area contributed by atoms with Crippen molar-refractivity contribution in [1.29, 1.82) is 0 Å². The summed E-state index contributed by atoms with van der Waals surface area (Å²) in [6.07, 6.45) is 1.07. The zero-order chi connectivity index (χ0) is 20.3. The first kappa shape index (κ1) is 20.0. The van der Waals surface area contributed by atoms with E-state index in [0.717, 1.165) is 17.8 Å². The zero-order valence-corrected chi connectivity index (χ0v) is 16.1. The van der Waals surface area contributed by atoms with Crippen LogP contribution in [0.2, 0.25) is 5.02 Å². The third-order valence-corrected chi connectivity index (χ3v) is 5.02. The zero-order valence-electron chi connectivity index (χ0n) is 14.5. The number of halogens is 3. The summed E-state index contributed by atoms with van der Waals surface area (Å²) in [5, 5.41) is 0.165. The number of esters is 1. The Bertz CT molecular complexity index is 993. The van der Waals surface area contributed by atoms with Gasteiger partial charge in [-0.05, 0) is 47.7 Å². The highest BCUT2D eigenvalue weighted by atomic mass is 35.5.